The Morgan fingerprint density at radius 2 is 1.96 bits per heavy atom. The summed E-state index contributed by atoms with van der Waals surface area (Å²) in [5.74, 6) is 0.329. The van der Waals surface area contributed by atoms with Gasteiger partial charge < -0.3 is 15.5 Å². The van der Waals surface area contributed by atoms with Crippen LogP contribution in [0, 0.1) is 11.8 Å². The Balaban J connectivity index is 1.67. The first-order chi connectivity index (χ1) is 12.0. The van der Waals surface area contributed by atoms with Gasteiger partial charge in [-0.3, -0.25) is 14.4 Å². The summed E-state index contributed by atoms with van der Waals surface area (Å²) in [6, 6.07) is 1.73. The third-order valence-corrected chi connectivity index (χ3v) is 5.11. The van der Waals surface area contributed by atoms with Gasteiger partial charge in [0.2, 0.25) is 11.8 Å². The van der Waals surface area contributed by atoms with Gasteiger partial charge in [-0.25, -0.2) is 0 Å². The number of carbonyl (C=O) groups is 3. The van der Waals surface area contributed by atoms with E-state index in [0.717, 1.165) is 6.42 Å². The van der Waals surface area contributed by atoms with Crippen LogP contribution in [-0.4, -0.2) is 48.8 Å². The quantitative estimate of drug-likeness (QED) is 0.774. The Labute approximate surface area is 153 Å². The topological polar surface area (TPSA) is 78.5 Å². The monoisotopic (exact) mass is 365 g/mol. The van der Waals surface area contributed by atoms with Gasteiger partial charge in [-0.05, 0) is 36.6 Å². The van der Waals surface area contributed by atoms with Gasteiger partial charge in [-0.15, -0.1) is 0 Å². The molecule has 3 amide bonds. The van der Waals surface area contributed by atoms with Crippen molar-refractivity contribution in [1.82, 2.24) is 15.5 Å². The van der Waals surface area contributed by atoms with Crippen LogP contribution in [0.1, 0.15) is 43.5 Å². The van der Waals surface area contributed by atoms with Crippen LogP contribution < -0.4 is 10.6 Å². The second-order valence-corrected chi connectivity index (χ2v) is 7.60. The highest BCUT2D eigenvalue weighted by Crippen LogP contribution is 2.17. The lowest BCUT2D eigenvalue weighted by Crippen LogP contribution is -2.46. The minimum absolute atomic E-state index is 0.0000679. The van der Waals surface area contributed by atoms with Crippen molar-refractivity contribution in [2.45, 2.75) is 33.1 Å². The molecular formula is C18H27N3O3S. The molecule has 1 aliphatic heterocycles. The molecule has 138 valence electrons. The number of amides is 3. The van der Waals surface area contributed by atoms with E-state index in [1.54, 1.807) is 16.3 Å². The van der Waals surface area contributed by atoms with E-state index in [0.29, 0.717) is 44.0 Å². The lowest BCUT2D eigenvalue weighted by Gasteiger charge is -2.31. The Bertz CT molecular complexity index is 578. The minimum Gasteiger partial charge on any atom is -0.356 e. The van der Waals surface area contributed by atoms with E-state index in [2.05, 4.69) is 24.5 Å². The van der Waals surface area contributed by atoms with Gasteiger partial charge in [0, 0.05) is 36.5 Å². The molecule has 0 aliphatic carbocycles. The molecular weight excluding hydrogens is 338 g/mol. The summed E-state index contributed by atoms with van der Waals surface area (Å²) in [5.41, 5.74) is 0.578. The summed E-state index contributed by atoms with van der Waals surface area (Å²) < 4.78 is 0. The Morgan fingerprint density at radius 3 is 2.56 bits per heavy atom. The zero-order valence-corrected chi connectivity index (χ0v) is 15.7. The van der Waals surface area contributed by atoms with E-state index in [1.165, 1.54) is 11.3 Å². The molecule has 2 rings (SSSR count). The van der Waals surface area contributed by atoms with Crippen molar-refractivity contribution in [3.05, 3.63) is 22.4 Å². The number of likely N-dealkylation sites (tertiary alicyclic amines) is 1. The van der Waals surface area contributed by atoms with Crippen molar-refractivity contribution in [2.24, 2.45) is 11.8 Å². The highest BCUT2D eigenvalue weighted by Gasteiger charge is 2.27. The molecule has 25 heavy (non-hydrogen) atoms. The van der Waals surface area contributed by atoms with Crippen molar-refractivity contribution in [1.29, 1.82) is 0 Å². The van der Waals surface area contributed by atoms with E-state index < -0.39 is 0 Å². The van der Waals surface area contributed by atoms with Crippen LogP contribution in [0.25, 0.3) is 0 Å². The van der Waals surface area contributed by atoms with Crippen molar-refractivity contribution >= 4 is 29.1 Å². The van der Waals surface area contributed by atoms with E-state index in [4.69, 9.17) is 0 Å². The van der Waals surface area contributed by atoms with Crippen LogP contribution in [0.15, 0.2) is 16.8 Å². The lowest BCUT2D eigenvalue weighted by molar-refractivity contribution is -0.134. The smallest absolute Gasteiger partial charge is 0.252 e. The van der Waals surface area contributed by atoms with E-state index in [9.17, 15) is 14.4 Å². The average molecular weight is 365 g/mol. The summed E-state index contributed by atoms with van der Waals surface area (Å²) in [5, 5.41) is 9.22. The second-order valence-electron chi connectivity index (χ2n) is 6.82. The fourth-order valence-electron chi connectivity index (χ4n) is 2.78. The largest absolute Gasteiger partial charge is 0.356 e. The van der Waals surface area contributed by atoms with Crippen LogP contribution in [0.4, 0.5) is 0 Å². The predicted octanol–water partition coefficient (Wildman–Crippen LogP) is 1.88. The standard InChI is InChI=1S/C18H27N3O3S/c1-13(2)3-7-19-17(23)14-4-8-21(9-5-14)16(22)11-20-18(24)15-6-10-25-12-15/h6,10,12-14H,3-5,7-9,11H2,1-2H3,(H,19,23)(H,20,24). The number of piperidine rings is 1. The second kappa shape index (κ2) is 9.56. The molecule has 7 heteroatoms. The van der Waals surface area contributed by atoms with Gasteiger partial charge in [0.25, 0.3) is 5.91 Å². The van der Waals surface area contributed by atoms with Gasteiger partial charge >= 0.3 is 0 Å². The normalized spacial score (nSPS) is 15.2. The third kappa shape index (κ3) is 6.16. The minimum atomic E-state index is -0.228. The van der Waals surface area contributed by atoms with Gasteiger partial charge in [-0.2, -0.15) is 11.3 Å². The maximum Gasteiger partial charge on any atom is 0.252 e. The van der Waals surface area contributed by atoms with E-state index >= 15 is 0 Å². The maximum atomic E-state index is 12.2. The fraction of sp³-hybridized carbons (Fsp3) is 0.611. The Hall–Kier alpha value is -1.89. The van der Waals surface area contributed by atoms with E-state index in [-0.39, 0.29) is 30.2 Å². The van der Waals surface area contributed by atoms with Crippen LogP contribution in [0.2, 0.25) is 0 Å². The number of nitrogens with one attached hydrogen (secondary N) is 2. The van der Waals surface area contributed by atoms with Crippen LogP contribution in [-0.2, 0) is 9.59 Å². The van der Waals surface area contributed by atoms with Crippen molar-refractivity contribution < 1.29 is 14.4 Å². The summed E-state index contributed by atoms with van der Waals surface area (Å²) in [6.07, 6.45) is 2.34. The van der Waals surface area contributed by atoms with Gasteiger partial charge in [-0.1, -0.05) is 13.8 Å². The summed E-state index contributed by atoms with van der Waals surface area (Å²) in [7, 11) is 0. The zero-order valence-electron chi connectivity index (χ0n) is 14.9. The summed E-state index contributed by atoms with van der Waals surface area (Å²) in [4.78, 5) is 37.9. The molecule has 0 unspecified atom stereocenters. The number of rotatable bonds is 7. The SMILES string of the molecule is CC(C)CCNC(=O)C1CCN(C(=O)CNC(=O)c2ccsc2)CC1. The van der Waals surface area contributed by atoms with E-state index in [1.807, 2.05) is 5.38 Å². The molecule has 1 saturated heterocycles. The molecule has 1 aliphatic rings. The number of thiophene rings is 1. The molecule has 0 bridgehead atoms. The number of nitrogens with zero attached hydrogens (tertiary/aromatic N) is 1. The van der Waals surface area contributed by atoms with Crippen molar-refractivity contribution in [3.63, 3.8) is 0 Å². The average Bonchev–Trinajstić information content (AvgIpc) is 3.13. The van der Waals surface area contributed by atoms with Gasteiger partial charge in [0.1, 0.15) is 0 Å². The molecule has 0 radical (unpaired) electrons. The Morgan fingerprint density at radius 1 is 1.24 bits per heavy atom. The third-order valence-electron chi connectivity index (χ3n) is 4.42. The molecule has 1 aromatic heterocycles. The molecule has 2 N–H and O–H groups in total. The molecule has 6 nitrogen and oxygen atoms in total. The number of hydrogen-bond acceptors (Lipinski definition) is 4. The first-order valence-corrected chi connectivity index (χ1v) is 9.77. The maximum absolute atomic E-state index is 12.2. The lowest BCUT2D eigenvalue weighted by atomic mass is 9.95. The summed E-state index contributed by atoms with van der Waals surface area (Å²) >= 11 is 1.45. The number of hydrogen-bond donors (Lipinski definition) is 2. The first kappa shape index (κ1) is 19.4. The Kier molecular flexibility index (Phi) is 7.43. The molecule has 1 fully saturated rings. The van der Waals surface area contributed by atoms with Crippen LogP contribution in [0.5, 0.6) is 0 Å². The summed E-state index contributed by atoms with van der Waals surface area (Å²) in [6.45, 7) is 6.11. The molecule has 0 spiro atoms. The zero-order chi connectivity index (χ0) is 18.2. The molecule has 1 aromatic rings. The number of carbonyl (C=O) groups excluding carboxylic acids is 3. The fourth-order valence-corrected chi connectivity index (χ4v) is 3.42. The molecule has 0 aromatic carbocycles. The van der Waals surface area contributed by atoms with Gasteiger partial charge in [0.15, 0.2) is 0 Å². The predicted molar refractivity (Wildman–Crippen MR) is 98.4 cm³/mol. The molecule has 0 atom stereocenters. The van der Waals surface area contributed by atoms with Crippen LogP contribution in [0.3, 0.4) is 0 Å². The highest BCUT2D eigenvalue weighted by molar-refractivity contribution is 7.08. The van der Waals surface area contributed by atoms with Crippen molar-refractivity contribution in [3.8, 4) is 0 Å². The molecule has 0 saturated carbocycles. The molecule has 2 heterocycles. The highest BCUT2D eigenvalue weighted by atomic mass is 32.1. The van der Waals surface area contributed by atoms with Gasteiger partial charge in [0.05, 0.1) is 6.54 Å². The van der Waals surface area contributed by atoms with Crippen molar-refractivity contribution in [2.75, 3.05) is 26.2 Å². The van der Waals surface area contributed by atoms with Crippen LogP contribution >= 0.6 is 11.3 Å². The first-order valence-electron chi connectivity index (χ1n) is 8.83.